The second kappa shape index (κ2) is 10.7. The van der Waals surface area contributed by atoms with Gasteiger partial charge >= 0.3 is 0 Å². The van der Waals surface area contributed by atoms with Crippen LogP contribution in [0.4, 0.5) is 5.69 Å². The van der Waals surface area contributed by atoms with Crippen LogP contribution in [0.1, 0.15) is 36.4 Å². The number of hydrogen-bond donors (Lipinski definition) is 2. The summed E-state index contributed by atoms with van der Waals surface area (Å²) in [7, 11) is 0. The van der Waals surface area contributed by atoms with E-state index in [9.17, 15) is 4.79 Å². The number of amides is 1. The third kappa shape index (κ3) is 6.60. The number of carbonyl (C=O) groups is 1. The highest BCUT2D eigenvalue weighted by Crippen LogP contribution is 2.18. The molecule has 1 heterocycles. The fraction of sp³-hybridized carbons (Fsp3) is 0.360. The van der Waals surface area contributed by atoms with Crippen LogP contribution in [0, 0.1) is 19.8 Å². The van der Waals surface area contributed by atoms with Crippen molar-refractivity contribution in [1.82, 2.24) is 10.5 Å². The summed E-state index contributed by atoms with van der Waals surface area (Å²) >= 11 is 0. The molecule has 1 aromatic heterocycles. The van der Waals surface area contributed by atoms with Crippen LogP contribution in [-0.2, 0) is 17.8 Å². The molecular formula is C25H31N3O3. The Balaban J connectivity index is 1.47. The van der Waals surface area contributed by atoms with Gasteiger partial charge in [0, 0.05) is 18.3 Å². The molecule has 0 aliphatic carbocycles. The van der Waals surface area contributed by atoms with Crippen LogP contribution in [0.2, 0.25) is 0 Å². The molecule has 164 valence electrons. The molecule has 3 aromatic rings. The van der Waals surface area contributed by atoms with E-state index >= 15 is 0 Å². The largest absolute Gasteiger partial charge is 0.489 e. The monoisotopic (exact) mass is 421 g/mol. The topological polar surface area (TPSA) is 76.4 Å². The lowest BCUT2D eigenvalue weighted by Crippen LogP contribution is -2.40. The number of para-hydroxylation sites is 1. The predicted octanol–water partition coefficient (Wildman–Crippen LogP) is 4.67. The van der Waals surface area contributed by atoms with E-state index in [4.69, 9.17) is 9.26 Å². The van der Waals surface area contributed by atoms with Gasteiger partial charge in [-0.3, -0.25) is 4.79 Å². The second-order valence-electron chi connectivity index (χ2n) is 8.08. The first-order valence-corrected chi connectivity index (χ1v) is 10.6. The van der Waals surface area contributed by atoms with Gasteiger partial charge in [0.05, 0.1) is 17.7 Å². The summed E-state index contributed by atoms with van der Waals surface area (Å²) < 4.78 is 11.0. The molecular weight excluding hydrogens is 390 g/mol. The van der Waals surface area contributed by atoms with Gasteiger partial charge in [0.25, 0.3) is 0 Å². The van der Waals surface area contributed by atoms with Gasteiger partial charge in [0.1, 0.15) is 18.1 Å². The number of aromatic nitrogens is 1. The van der Waals surface area contributed by atoms with Gasteiger partial charge in [-0.1, -0.05) is 49.3 Å². The molecule has 0 spiro atoms. The summed E-state index contributed by atoms with van der Waals surface area (Å²) in [5.41, 5.74) is 3.81. The molecule has 6 nitrogen and oxygen atoms in total. The van der Waals surface area contributed by atoms with Gasteiger partial charge in [0.15, 0.2) is 0 Å². The Morgan fingerprint density at radius 1 is 1.06 bits per heavy atom. The molecule has 0 saturated carbocycles. The molecule has 6 heteroatoms. The smallest absolute Gasteiger partial charge is 0.224 e. The highest BCUT2D eigenvalue weighted by Gasteiger charge is 2.15. The second-order valence-corrected chi connectivity index (χ2v) is 8.08. The number of carbonyl (C=O) groups excluding carboxylic acids is 1. The molecule has 1 amide bonds. The number of hydrogen-bond acceptors (Lipinski definition) is 5. The molecule has 0 aliphatic heterocycles. The minimum Gasteiger partial charge on any atom is -0.489 e. The Kier molecular flexibility index (Phi) is 7.70. The van der Waals surface area contributed by atoms with Gasteiger partial charge in [-0.25, -0.2) is 0 Å². The lowest BCUT2D eigenvalue weighted by molar-refractivity contribution is -0.120. The minimum absolute atomic E-state index is 0.00454. The van der Waals surface area contributed by atoms with Crippen LogP contribution in [0.3, 0.4) is 0 Å². The number of rotatable bonds is 10. The summed E-state index contributed by atoms with van der Waals surface area (Å²) in [6, 6.07) is 17.8. The predicted molar refractivity (Wildman–Crippen MR) is 122 cm³/mol. The van der Waals surface area contributed by atoms with E-state index in [0.717, 1.165) is 34.0 Å². The van der Waals surface area contributed by atoms with Crippen molar-refractivity contribution in [2.24, 2.45) is 5.92 Å². The van der Waals surface area contributed by atoms with Crippen molar-refractivity contribution >= 4 is 11.6 Å². The summed E-state index contributed by atoms with van der Waals surface area (Å²) in [6.07, 6.45) is 0.334. The molecule has 0 radical (unpaired) electrons. The van der Waals surface area contributed by atoms with Crippen LogP contribution in [0.25, 0.3) is 0 Å². The molecule has 0 saturated heterocycles. The normalized spacial score (nSPS) is 11.9. The Morgan fingerprint density at radius 2 is 1.77 bits per heavy atom. The average molecular weight is 422 g/mol. The summed E-state index contributed by atoms with van der Waals surface area (Å²) in [4.78, 5) is 12.4. The Hall–Kier alpha value is -3.28. The van der Waals surface area contributed by atoms with Crippen molar-refractivity contribution in [3.05, 3.63) is 77.2 Å². The Bertz CT molecular complexity index is 946. The molecule has 1 unspecified atom stereocenters. The zero-order valence-corrected chi connectivity index (χ0v) is 18.6. The van der Waals surface area contributed by atoms with E-state index in [0.29, 0.717) is 25.5 Å². The van der Waals surface area contributed by atoms with Crippen molar-refractivity contribution in [2.75, 3.05) is 11.9 Å². The van der Waals surface area contributed by atoms with E-state index in [-0.39, 0.29) is 11.9 Å². The number of aryl methyl sites for hydroxylation is 2. The van der Waals surface area contributed by atoms with Crippen molar-refractivity contribution in [3.8, 4) is 5.75 Å². The van der Waals surface area contributed by atoms with Crippen LogP contribution in [-0.4, -0.2) is 23.7 Å². The van der Waals surface area contributed by atoms with E-state index in [2.05, 4.69) is 29.6 Å². The number of ether oxygens (including phenoxy) is 1. The van der Waals surface area contributed by atoms with Crippen molar-refractivity contribution in [3.63, 3.8) is 0 Å². The van der Waals surface area contributed by atoms with Crippen molar-refractivity contribution < 1.29 is 14.1 Å². The highest BCUT2D eigenvalue weighted by atomic mass is 16.5. The minimum atomic E-state index is 0.00454. The fourth-order valence-electron chi connectivity index (χ4n) is 3.24. The fourth-order valence-corrected chi connectivity index (χ4v) is 3.24. The van der Waals surface area contributed by atoms with E-state index in [1.807, 2.05) is 68.4 Å². The molecule has 0 aliphatic rings. The standard InChI is InChI=1S/C25H31N3O3/c1-17(2)24(27-21-8-6-5-7-9-21)15-26-25(29)14-20-10-12-22(13-11-20)30-16-23-18(3)28-31-19(23)4/h5-13,17,24,27H,14-16H2,1-4H3,(H,26,29). The molecule has 0 bridgehead atoms. The maximum absolute atomic E-state index is 12.4. The van der Waals surface area contributed by atoms with Gasteiger partial charge < -0.3 is 19.9 Å². The van der Waals surface area contributed by atoms with Gasteiger partial charge in [-0.05, 0) is 49.6 Å². The summed E-state index contributed by atoms with van der Waals surface area (Å²) in [6.45, 7) is 9.05. The summed E-state index contributed by atoms with van der Waals surface area (Å²) in [5, 5.41) is 10.5. The molecule has 3 rings (SSSR count). The molecule has 2 N–H and O–H groups in total. The van der Waals surface area contributed by atoms with Crippen LogP contribution < -0.4 is 15.4 Å². The zero-order chi connectivity index (χ0) is 22.2. The van der Waals surface area contributed by atoms with E-state index in [1.54, 1.807) is 0 Å². The van der Waals surface area contributed by atoms with Crippen LogP contribution in [0.15, 0.2) is 59.1 Å². The first-order chi connectivity index (χ1) is 14.9. The first-order valence-electron chi connectivity index (χ1n) is 10.6. The Morgan fingerprint density at radius 3 is 2.39 bits per heavy atom. The third-order valence-electron chi connectivity index (χ3n) is 5.30. The average Bonchev–Trinajstić information content (AvgIpc) is 3.08. The number of nitrogens with one attached hydrogen (secondary N) is 2. The van der Waals surface area contributed by atoms with Gasteiger partial charge in [-0.15, -0.1) is 0 Å². The maximum Gasteiger partial charge on any atom is 0.224 e. The quantitative estimate of drug-likeness (QED) is 0.498. The van der Waals surface area contributed by atoms with E-state index in [1.165, 1.54) is 0 Å². The number of anilines is 1. The van der Waals surface area contributed by atoms with Gasteiger partial charge in [-0.2, -0.15) is 0 Å². The third-order valence-corrected chi connectivity index (χ3v) is 5.30. The van der Waals surface area contributed by atoms with Crippen molar-refractivity contribution in [2.45, 2.75) is 46.8 Å². The molecule has 1 atom stereocenters. The van der Waals surface area contributed by atoms with Crippen LogP contribution >= 0.6 is 0 Å². The Labute approximate surface area is 184 Å². The SMILES string of the molecule is Cc1noc(C)c1COc1ccc(CC(=O)NCC(Nc2ccccc2)C(C)C)cc1. The highest BCUT2D eigenvalue weighted by molar-refractivity contribution is 5.78. The van der Waals surface area contributed by atoms with Crippen LogP contribution in [0.5, 0.6) is 5.75 Å². The molecule has 0 fully saturated rings. The maximum atomic E-state index is 12.4. The van der Waals surface area contributed by atoms with Gasteiger partial charge in [0.2, 0.25) is 5.91 Å². The lowest BCUT2D eigenvalue weighted by Gasteiger charge is -2.24. The number of nitrogens with zero attached hydrogens (tertiary/aromatic N) is 1. The van der Waals surface area contributed by atoms with E-state index < -0.39 is 0 Å². The lowest BCUT2D eigenvalue weighted by atomic mass is 10.0. The molecule has 2 aromatic carbocycles. The number of benzene rings is 2. The molecule has 31 heavy (non-hydrogen) atoms. The zero-order valence-electron chi connectivity index (χ0n) is 18.6. The first kappa shape index (κ1) is 22.4. The van der Waals surface area contributed by atoms with Crippen molar-refractivity contribution in [1.29, 1.82) is 0 Å². The summed E-state index contributed by atoms with van der Waals surface area (Å²) in [5.74, 6) is 1.91.